The van der Waals surface area contributed by atoms with Gasteiger partial charge in [-0.05, 0) is 24.3 Å². The Morgan fingerprint density at radius 3 is 2.15 bits per heavy atom. The lowest BCUT2D eigenvalue weighted by molar-refractivity contribution is -0.444. The normalized spacial score (nSPS) is 19.6. The minimum Gasteiger partial charge on any atom is -0.369 e. The Kier molecular flexibility index (Phi) is 4.84. The maximum Gasteiger partial charge on any atom is 0.331 e. The third-order valence-electron chi connectivity index (χ3n) is 3.91. The summed E-state index contributed by atoms with van der Waals surface area (Å²) in [6.45, 7) is 0. The van der Waals surface area contributed by atoms with Gasteiger partial charge < -0.3 is 10.5 Å². The highest BCUT2D eigenvalue weighted by molar-refractivity contribution is 6.31. The molecule has 2 aromatic rings. The van der Waals surface area contributed by atoms with Crippen molar-refractivity contribution in [3.05, 3.63) is 91.3 Å². The number of nitro groups is 1. The molecule has 26 heavy (non-hydrogen) atoms. The van der Waals surface area contributed by atoms with Crippen molar-refractivity contribution in [2.75, 3.05) is 0 Å². The maximum atomic E-state index is 11.8. The van der Waals surface area contributed by atoms with Crippen LogP contribution < -0.4 is 16.7 Å². The van der Waals surface area contributed by atoms with Crippen LogP contribution in [0.4, 0.5) is 0 Å². The molecule has 1 heterocycles. The van der Waals surface area contributed by atoms with Crippen LogP contribution in [-0.4, -0.2) is 15.7 Å². The summed E-state index contributed by atoms with van der Waals surface area (Å²) in [7, 11) is 0. The van der Waals surface area contributed by atoms with Crippen LogP contribution in [0.2, 0.25) is 10.0 Å². The number of nitrogens with two attached hydrogens (primary N) is 1. The average molecular weight is 394 g/mol. The molecule has 0 saturated heterocycles. The van der Waals surface area contributed by atoms with E-state index < -0.39 is 16.2 Å². The van der Waals surface area contributed by atoms with Crippen molar-refractivity contribution in [3.63, 3.8) is 0 Å². The van der Waals surface area contributed by atoms with Gasteiger partial charge in [0.1, 0.15) is 5.71 Å². The first kappa shape index (κ1) is 18.2. The molecule has 2 aromatic carbocycles. The molecule has 1 aliphatic rings. The molecule has 0 amide bonds. The van der Waals surface area contributed by atoms with E-state index in [2.05, 4.69) is 16.0 Å². The van der Waals surface area contributed by atoms with E-state index in [-0.39, 0.29) is 17.1 Å². The van der Waals surface area contributed by atoms with E-state index in [1.54, 1.807) is 24.3 Å². The quantitative estimate of drug-likeness (QED) is 0.358. The number of hydrogen-bond acceptors (Lipinski definition) is 7. The van der Waals surface area contributed by atoms with E-state index in [0.29, 0.717) is 15.6 Å². The van der Waals surface area contributed by atoms with Crippen molar-refractivity contribution in [1.29, 1.82) is 0 Å². The Balaban J connectivity index is 2.27. The fourth-order valence-corrected chi connectivity index (χ4v) is 2.96. The van der Waals surface area contributed by atoms with Crippen molar-refractivity contribution in [2.24, 2.45) is 10.9 Å². The van der Waals surface area contributed by atoms with Gasteiger partial charge in [-0.25, -0.2) is 5.84 Å². The molecule has 10 heteroatoms. The first-order valence-electron chi connectivity index (χ1n) is 7.32. The Morgan fingerprint density at radius 2 is 1.65 bits per heavy atom. The van der Waals surface area contributed by atoms with Crippen LogP contribution in [0.1, 0.15) is 11.1 Å². The standard InChI is InChI=1S/C16H13Cl2N5O3/c17-11-5-1-9(2-6-11)13-16(24,10-3-7-12(18)8-4-10)14(23(25)26)15(20-19)22-21-13/h1-8,20,22,24H,19H2/t16-/m1/s1. The van der Waals surface area contributed by atoms with E-state index in [1.807, 2.05) is 0 Å². The van der Waals surface area contributed by atoms with Gasteiger partial charge in [0, 0.05) is 21.2 Å². The molecule has 5 N–H and O–H groups in total. The fourth-order valence-electron chi connectivity index (χ4n) is 2.71. The molecule has 8 nitrogen and oxygen atoms in total. The van der Waals surface area contributed by atoms with Gasteiger partial charge in [-0.3, -0.25) is 15.5 Å². The summed E-state index contributed by atoms with van der Waals surface area (Å²) in [6, 6.07) is 12.4. The monoisotopic (exact) mass is 393 g/mol. The highest BCUT2D eigenvalue weighted by Gasteiger charge is 2.52. The third-order valence-corrected chi connectivity index (χ3v) is 4.41. The summed E-state index contributed by atoms with van der Waals surface area (Å²) in [4.78, 5) is 11.0. The average Bonchev–Trinajstić information content (AvgIpc) is 2.62. The summed E-state index contributed by atoms with van der Waals surface area (Å²) >= 11 is 11.8. The summed E-state index contributed by atoms with van der Waals surface area (Å²) in [5, 5.41) is 28.3. The van der Waals surface area contributed by atoms with Gasteiger partial charge in [0.15, 0.2) is 0 Å². The number of benzene rings is 2. The molecule has 0 spiro atoms. The SMILES string of the molecule is NNC1=C([N+](=O)[O-])[C@@](O)(c2ccc(Cl)cc2)C(c2ccc(Cl)cc2)=NN1. The lowest BCUT2D eigenvalue weighted by Gasteiger charge is -2.31. The first-order valence-corrected chi connectivity index (χ1v) is 8.07. The molecule has 0 bridgehead atoms. The number of halogens is 2. The van der Waals surface area contributed by atoms with E-state index >= 15 is 0 Å². The number of hydrazone groups is 1. The Hall–Kier alpha value is -2.65. The second-order valence-electron chi connectivity index (χ2n) is 5.42. The van der Waals surface area contributed by atoms with Gasteiger partial charge in [0.25, 0.3) is 0 Å². The van der Waals surface area contributed by atoms with E-state index in [0.717, 1.165) is 0 Å². The smallest absolute Gasteiger partial charge is 0.331 e. The van der Waals surface area contributed by atoms with Crippen LogP contribution in [0.3, 0.4) is 0 Å². The largest absolute Gasteiger partial charge is 0.369 e. The van der Waals surface area contributed by atoms with Crippen molar-refractivity contribution >= 4 is 28.9 Å². The van der Waals surface area contributed by atoms with Crippen molar-refractivity contribution in [1.82, 2.24) is 10.9 Å². The number of aliphatic hydroxyl groups is 1. The molecular formula is C16H13Cl2N5O3. The Morgan fingerprint density at radius 1 is 1.12 bits per heavy atom. The number of hydrazine groups is 1. The predicted molar refractivity (Wildman–Crippen MR) is 97.8 cm³/mol. The van der Waals surface area contributed by atoms with Gasteiger partial charge in [-0.15, -0.1) is 0 Å². The second kappa shape index (κ2) is 6.93. The van der Waals surface area contributed by atoms with Crippen LogP contribution in [0, 0.1) is 10.1 Å². The van der Waals surface area contributed by atoms with E-state index in [1.165, 1.54) is 24.3 Å². The van der Waals surface area contributed by atoms with Gasteiger partial charge in [-0.2, -0.15) is 5.10 Å². The molecule has 0 aromatic heterocycles. The molecule has 3 rings (SSSR count). The first-order chi connectivity index (χ1) is 12.4. The molecular weight excluding hydrogens is 381 g/mol. The summed E-state index contributed by atoms with van der Waals surface area (Å²) in [5.74, 6) is 5.13. The van der Waals surface area contributed by atoms with Crippen LogP contribution in [0.15, 0.2) is 65.2 Å². The lowest BCUT2D eigenvalue weighted by Crippen LogP contribution is -2.49. The summed E-state index contributed by atoms with van der Waals surface area (Å²) in [5.41, 5.74) is 2.52. The van der Waals surface area contributed by atoms with E-state index in [4.69, 9.17) is 29.0 Å². The third kappa shape index (κ3) is 2.99. The van der Waals surface area contributed by atoms with Crippen molar-refractivity contribution in [3.8, 4) is 0 Å². The zero-order valence-corrected chi connectivity index (χ0v) is 14.6. The van der Waals surface area contributed by atoms with Gasteiger partial charge in [-0.1, -0.05) is 47.5 Å². The molecule has 1 atom stereocenters. The van der Waals surface area contributed by atoms with Crippen molar-refractivity contribution < 1.29 is 10.0 Å². The zero-order chi connectivity index (χ0) is 18.9. The molecule has 0 radical (unpaired) electrons. The molecule has 0 aliphatic carbocycles. The predicted octanol–water partition coefficient (Wildman–Crippen LogP) is 2.10. The summed E-state index contributed by atoms with van der Waals surface area (Å²) in [6.07, 6.45) is 0. The fraction of sp³-hybridized carbons (Fsp3) is 0.0625. The zero-order valence-electron chi connectivity index (χ0n) is 13.1. The van der Waals surface area contributed by atoms with Gasteiger partial charge in [0.05, 0.1) is 4.92 Å². The van der Waals surface area contributed by atoms with Gasteiger partial charge >= 0.3 is 5.70 Å². The Bertz CT molecular complexity index is 912. The second-order valence-corrected chi connectivity index (χ2v) is 6.29. The minimum absolute atomic E-state index is 0.0159. The molecule has 134 valence electrons. The highest BCUT2D eigenvalue weighted by Crippen LogP contribution is 2.37. The van der Waals surface area contributed by atoms with E-state index in [9.17, 15) is 15.2 Å². The summed E-state index contributed by atoms with van der Waals surface area (Å²) < 4.78 is 0. The van der Waals surface area contributed by atoms with Crippen LogP contribution >= 0.6 is 23.2 Å². The minimum atomic E-state index is -2.19. The topological polar surface area (TPSA) is 126 Å². The number of nitrogens with one attached hydrogen (secondary N) is 2. The van der Waals surface area contributed by atoms with Crippen LogP contribution in [-0.2, 0) is 5.60 Å². The molecule has 1 aliphatic heterocycles. The number of nitrogens with zero attached hydrogens (tertiary/aromatic N) is 2. The molecule has 0 fully saturated rings. The van der Waals surface area contributed by atoms with Crippen LogP contribution in [0.5, 0.6) is 0 Å². The maximum absolute atomic E-state index is 11.8. The molecule has 0 unspecified atom stereocenters. The number of rotatable bonds is 4. The van der Waals surface area contributed by atoms with Crippen LogP contribution in [0.25, 0.3) is 0 Å². The lowest BCUT2D eigenvalue weighted by atomic mass is 9.81. The molecule has 0 saturated carbocycles. The highest BCUT2D eigenvalue weighted by atomic mass is 35.5. The number of hydrogen-bond donors (Lipinski definition) is 4. The Labute approximate surface area is 158 Å². The van der Waals surface area contributed by atoms with Crippen molar-refractivity contribution in [2.45, 2.75) is 5.60 Å². The van der Waals surface area contributed by atoms with Gasteiger partial charge in [0.2, 0.25) is 11.4 Å².